The second-order valence-corrected chi connectivity index (χ2v) is 6.34. The number of nitrogens with one attached hydrogen (secondary N) is 1. The summed E-state index contributed by atoms with van der Waals surface area (Å²) in [5.74, 6) is -0.312. The van der Waals surface area contributed by atoms with Crippen molar-refractivity contribution in [2.24, 2.45) is 0 Å². The van der Waals surface area contributed by atoms with Crippen LogP contribution in [-0.4, -0.2) is 27.0 Å². The Morgan fingerprint density at radius 2 is 1.95 bits per heavy atom. The van der Waals surface area contributed by atoms with Gasteiger partial charge >= 0.3 is 5.97 Å². The summed E-state index contributed by atoms with van der Waals surface area (Å²) in [5, 5.41) is 0. The lowest BCUT2D eigenvalue weighted by Gasteiger charge is -2.07. The van der Waals surface area contributed by atoms with Gasteiger partial charge in [-0.2, -0.15) is 0 Å². The van der Waals surface area contributed by atoms with E-state index in [1.165, 1.54) is 6.92 Å². The van der Waals surface area contributed by atoms with Gasteiger partial charge < -0.3 is 4.74 Å². The van der Waals surface area contributed by atoms with Crippen molar-refractivity contribution >= 4 is 16.0 Å². The monoisotopic (exact) mass is 283 g/mol. The summed E-state index contributed by atoms with van der Waals surface area (Å²) in [4.78, 5) is 10.9. The molecule has 6 heteroatoms. The summed E-state index contributed by atoms with van der Waals surface area (Å²) in [6.45, 7) is 1.67. The average molecular weight is 283 g/mol. The Hall–Kier alpha value is -1.40. The van der Waals surface area contributed by atoms with Gasteiger partial charge in [0.15, 0.2) is 0 Å². The van der Waals surface area contributed by atoms with E-state index in [4.69, 9.17) is 4.74 Å². The predicted octanol–water partition coefficient (Wildman–Crippen LogP) is 1.23. The summed E-state index contributed by atoms with van der Waals surface area (Å²) in [7, 11) is -3.38. The number of carbonyl (C=O) groups is 1. The van der Waals surface area contributed by atoms with E-state index in [1.807, 2.05) is 0 Å². The van der Waals surface area contributed by atoms with E-state index in [0.29, 0.717) is 13.0 Å². The summed E-state index contributed by atoms with van der Waals surface area (Å²) in [6, 6.07) is 6.74. The molecule has 19 heavy (non-hydrogen) atoms. The van der Waals surface area contributed by atoms with Crippen molar-refractivity contribution in [3.8, 4) is 0 Å². The van der Waals surface area contributed by atoms with E-state index in [0.717, 1.165) is 18.4 Å². The first kappa shape index (κ1) is 14.0. The van der Waals surface area contributed by atoms with E-state index in [1.54, 1.807) is 24.3 Å². The molecule has 0 spiro atoms. The number of esters is 1. The molecule has 1 N–H and O–H groups in total. The first-order chi connectivity index (χ1) is 8.97. The fourth-order valence-corrected chi connectivity index (χ4v) is 2.94. The van der Waals surface area contributed by atoms with Gasteiger partial charge in [-0.15, -0.1) is 0 Å². The molecular formula is C13H17NO4S. The van der Waals surface area contributed by atoms with Crippen molar-refractivity contribution in [1.82, 2.24) is 4.72 Å². The predicted molar refractivity (Wildman–Crippen MR) is 70.1 cm³/mol. The molecule has 1 aliphatic rings. The van der Waals surface area contributed by atoms with Crippen LogP contribution in [0.4, 0.5) is 0 Å². The highest BCUT2D eigenvalue weighted by molar-refractivity contribution is 7.89. The highest BCUT2D eigenvalue weighted by atomic mass is 32.2. The lowest BCUT2D eigenvalue weighted by atomic mass is 10.2. The lowest BCUT2D eigenvalue weighted by molar-refractivity contribution is -0.140. The van der Waals surface area contributed by atoms with E-state index in [9.17, 15) is 13.2 Å². The van der Waals surface area contributed by atoms with E-state index >= 15 is 0 Å². The molecule has 0 unspecified atom stereocenters. The maximum Gasteiger partial charge on any atom is 0.302 e. The zero-order chi connectivity index (χ0) is 13.9. The molecule has 0 amide bonds. The lowest BCUT2D eigenvalue weighted by Crippen LogP contribution is -2.25. The van der Waals surface area contributed by atoms with Crippen molar-refractivity contribution in [2.75, 3.05) is 6.61 Å². The molecule has 0 radical (unpaired) electrons. The van der Waals surface area contributed by atoms with Gasteiger partial charge in [-0.1, -0.05) is 12.1 Å². The Morgan fingerprint density at radius 3 is 2.47 bits per heavy atom. The molecular weight excluding hydrogens is 266 g/mol. The van der Waals surface area contributed by atoms with Crippen molar-refractivity contribution in [2.45, 2.75) is 37.1 Å². The fourth-order valence-electron chi connectivity index (χ4n) is 1.64. The minimum Gasteiger partial charge on any atom is -0.466 e. The van der Waals surface area contributed by atoms with Gasteiger partial charge in [0.25, 0.3) is 0 Å². The third-order valence-electron chi connectivity index (χ3n) is 2.83. The van der Waals surface area contributed by atoms with Crippen LogP contribution in [0.15, 0.2) is 29.2 Å². The Bertz CT molecular complexity index is 547. The minimum absolute atomic E-state index is 0.105. The number of ether oxygens (including phenoxy) is 1. The number of sulfonamides is 1. The highest BCUT2D eigenvalue weighted by Gasteiger charge is 2.27. The van der Waals surface area contributed by atoms with Gasteiger partial charge in [0.1, 0.15) is 0 Å². The fraction of sp³-hybridized carbons (Fsp3) is 0.462. The quantitative estimate of drug-likeness (QED) is 0.797. The maximum absolute atomic E-state index is 11.9. The van der Waals surface area contributed by atoms with Gasteiger partial charge in [-0.25, -0.2) is 13.1 Å². The van der Waals surface area contributed by atoms with Crippen LogP contribution in [-0.2, 0) is 26.0 Å². The van der Waals surface area contributed by atoms with Crippen molar-refractivity contribution in [3.63, 3.8) is 0 Å². The Kier molecular flexibility index (Phi) is 4.21. The molecule has 0 aliphatic heterocycles. The third-order valence-corrected chi connectivity index (χ3v) is 4.37. The molecule has 1 saturated carbocycles. The summed E-state index contributed by atoms with van der Waals surface area (Å²) >= 11 is 0. The summed E-state index contributed by atoms with van der Waals surface area (Å²) < 4.78 is 31.3. The van der Waals surface area contributed by atoms with Gasteiger partial charge in [0.2, 0.25) is 10.0 Å². The first-order valence-corrected chi connectivity index (χ1v) is 7.70. The maximum atomic E-state index is 11.9. The Morgan fingerprint density at radius 1 is 1.32 bits per heavy atom. The van der Waals surface area contributed by atoms with Gasteiger partial charge in [-0.05, 0) is 30.5 Å². The molecule has 0 atom stereocenters. The van der Waals surface area contributed by atoms with E-state index in [-0.39, 0.29) is 16.9 Å². The third kappa shape index (κ3) is 4.33. The van der Waals surface area contributed by atoms with E-state index in [2.05, 4.69) is 4.72 Å². The minimum atomic E-state index is -3.38. The van der Waals surface area contributed by atoms with Crippen LogP contribution in [0.3, 0.4) is 0 Å². The van der Waals surface area contributed by atoms with Crippen LogP contribution in [0.5, 0.6) is 0 Å². The topological polar surface area (TPSA) is 72.5 Å². The SMILES string of the molecule is CC(=O)OCCc1ccc(S(=O)(=O)NC2CC2)cc1. The number of carbonyl (C=O) groups excluding carboxylic acids is 1. The highest BCUT2D eigenvalue weighted by Crippen LogP contribution is 2.22. The van der Waals surface area contributed by atoms with Crippen LogP contribution >= 0.6 is 0 Å². The summed E-state index contributed by atoms with van der Waals surface area (Å²) in [5.41, 5.74) is 0.937. The van der Waals surface area contributed by atoms with Crippen LogP contribution < -0.4 is 4.72 Å². The molecule has 1 aromatic rings. The molecule has 1 aliphatic carbocycles. The van der Waals surface area contributed by atoms with Crippen molar-refractivity contribution in [3.05, 3.63) is 29.8 Å². The Labute approximate surface area is 113 Å². The number of hydrogen-bond acceptors (Lipinski definition) is 4. The number of rotatable bonds is 6. The molecule has 0 bridgehead atoms. The van der Waals surface area contributed by atoms with Crippen LogP contribution in [0.25, 0.3) is 0 Å². The van der Waals surface area contributed by atoms with E-state index < -0.39 is 10.0 Å². The van der Waals surface area contributed by atoms with Gasteiger partial charge in [-0.3, -0.25) is 4.79 Å². The number of hydrogen-bond donors (Lipinski definition) is 1. The largest absolute Gasteiger partial charge is 0.466 e. The van der Waals surface area contributed by atoms with Crippen LogP contribution in [0.1, 0.15) is 25.3 Å². The molecule has 1 aromatic carbocycles. The average Bonchev–Trinajstić information content (AvgIpc) is 3.12. The molecule has 104 valence electrons. The first-order valence-electron chi connectivity index (χ1n) is 6.22. The van der Waals surface area contributed by atoms with Crippen LogP contribution in [0.2, 0.25) is 0 Å². The van der Waals surface area contributed by atoms with Crippen LogP contribution in [0, 0.1) is 0 Å². The smallest absolute Gasteiger partial charge is 0.302 e. The Balaban J connectivity index is 1.95. The second kappa shape index (κ2) is 5.71. The zero-order valence-corrected chi connectivity index (χ0v) is 11.6. The van der Waals surface area contributed by atoms with Crippen molar-refractivity contribution < 1.29 is 17.9 Å². The van der Waals surface area contributed by atoms with Gasteiger partial charge in [0.05, 0.1) is 11.5 Å². The molecule has 1 fully saturated rings. The summed E-state index contributed by atoms with van der Waals surface area (Å²) in [6.07, 6.45) is 2.41. The van der Waals surface area contributed by atoms with Crippen molar-refractivity contribution in [1.29, 1.82) is 0 Å². The normalized spacial score (nSPS) is 15.2. The zero-order valence-electron chi connectivity index (χ0n) is 10.8. The molecule has 0 saturated heterocycles. The molecule has 0 heterocycles. The second-order valence-electron chi connectivity index (χ2n) is 4.63. The van der Waals surface area contributed by atoms with Gasteiger partial charge in [0, 0.05) is 19.4 Å². The number of benzene rings is 1. The molecule has 5 nitrogen and oxygen atoms in total. The molecule has 0 aromatic heterocycles. The standard InChI is InChI=1S/C13H17NO4S/c1-10(15)18-9-8-11-2-6-13(7-3-11)19(16,17)14-12-4-5-12/h2-3,6-7,12,14H,4-5,8-9H2,1H3. The molecule has 2 rings (SSSR count).